The lowest BCUT2D eigenvalue weighted by molar-refractivity contribution is 0.583. The summed E-state index contributed by atoms with van der Waals surface area (Å²) < 4.78 is 46.5. The summed E-state index contributed by atoms with van der Waals surface area (Å²) in [4.78, 5) is 1.10. The molecule has 2 aromatic carbocycles. The molecule has 0 bridgehead atoms. The van der Waals surface area contributed by atoms with E-state index in [0.717, 1.165) is 0 Å². The van der Waals surface area contributed by atoms with Crippen LogP contribution >= 0.6 is 0 Å². The number of hydrogen-bond acceptors (Lipinski definition) is 1. The summed E-state index contributed by atoms with van der Waals surface area (Å²) in [6, 6.07) is 10.8. The number of hydrogen-bond donors (Lipinski definition) is 2. The molecular weight excluding hydrogens is 278 g/mol. The fraction of sp³-hybridized carbons (Fsp3) is 0. The van der Waals surface area contributed by atoms with Crippen LogP contribution in [-0.4, -0.2) is 8.76 Å². The zero-order chi connectivity index (χ0) is 13.1. The van der Waals surface area contributed by atoms with Crippen LogP contribution in [0.1, 0.15) is 0 Å². The van der Waals surface area contributed by atoms with Gasteiger partial charge in [0.1, 0.15) is 21.3 Å². The molecule has 1 N–H and O–H groups in total. The molecule has 0 fully saturated rings. The molecule has 2 aromatic rings. The summed E-state index contributed by atoms with van der Waals surface area (Å²) in [5, 5.41) is 0. The second-order valence-electron chi connectivity index (χ2n) is 3.43. The highest BCUT2D eigenvalue weighted by atomic mass is 32.9. The maximum Gasteiger partial charge on any atom is 0.123 e. The van der Waals surface area contributed by atoms with Crippen LogP contribution in [0.3, 0.4) is 0 Å². The van der Waals surface area contributed by atoms with Crippen molar-refractivity contribution in [3.63, 3.8) is 0 Å². The normalized spacial score (nSPS) is 12.7. The van der Waals surface area contributed by atoms with Crippen molar-refractivity contribution in [3.8, 4) is 0 Å². The minimum Gasteiger partial charge on any atom is -0.311 e. The lowest BCUT2D eigenvalue weighted by Gasteiger charge is -2.08. The molecule has 18 heavy (non-hydrogen) atoms. The van der Waals surface area contributed by atoms with Gasteiger partial charge in [0.2, 0.25) is 0 Å². The van der Waals surface area contributed by atoms with Gasteiger partial charge in [-0.2, -0.15) is 0 Å². The summed E-state index contributed by atoms with van der Waals surface area (Å²) in [5.41, 5.74) is 0. The van der Waals surface area contributed by atoms with E-state index in [2.05, 4.69) is 0 Å². The van der Waals surface area contributed by atoms with E-state index in [1.54, 1.807) is 0 Å². The number of thiol groups is 1. The van der Waals surface area contributed by atoms with Gasteiger partial charge in [-0.3, -0.25) is 0 Å². The standard InChI is InChI=1S/C12H10F2O2S2/c13-9-1-5-11(6-2-9)17(18(15)16)12-7-3-10(14)4-8-12/h1-8,18H,(H,15,16). The van der Waals surface area contributed by atoms with Crippen molar-refractivity contribution in [2.75, 3.05) is 0 Å². The third-order valence-corrected chi connectivity index (χ3v) is 6.18. The van der Waals surface area contributed by atoms with Crippen molar-refractivity contribution >= 4 is 19.1 Å². The SMILES string of the molecule is O=[SH](O)=S(c1ccc(F)cc1)c1ccc(F)cc1. The van der Waals surface area contributed by atoms with Gasteiger partial charge < -0.3 is 4.55 Å². The van der Waals surface area contributed by atoms with E-state index in [1.165, 1.54) is 48.5 Å². The van der Waals surface area contributed by atoms with Gasteiger partial charge in [-0.1, -0.05) is 0 Å². The average Bonchev–Trinajstić information content (AvgIpc) is 2.34. The van der Waals surface area contributed by atoms with Gasteiger partial charge in [0, 0.05) is 9.79 Å². The Bertz CT molecular complexity index is 583. The Balaban J connectivity index is 2.55. The average molecular weight is 288 g/mol. The van der Waals surface area contributed by atoms with Crippen molar-refractivity contribution in [1.82, 2.24) is 0 Å². The van der Waals surface area contributed by atoms with E-state index in [-0.39, 0.29) is 0 Å². The molecule has 2 rings (SSSR count). The first kappa shape index (κ1) is 13.2. The molecule has 0 radical (unpaired) electrons. The molecule has 0 saturated carbocycles. The molecule has 0 aliphatic heterocycles. The third-order valence-electron chi connectivity index (χ3n) is 2.23. The van der Waals surface area contributed by atoms with E-state index < -0.39 is 30.7 Å². The van der Waals surface area contributed by atoms with Crippen molar-refractivity contribution in [2.45, 2.75) is 9.79 Å². The van der Waals surface area contributed by atoms with Gasteiger partial charge in [-0.15, -0.1) is 0 Å². The summed E-state index contributed by atoms with van der Waals surface area (Å²) >= 11 is 0. The van der Waals surface area contributed by atoms with Gasteiger partial charge in [-0.05, 0) is 58.0 Å². The molecule has 0 saturated heterocycles. The Morgan fingerprint density at radius 2 is 1.17 bits per heavy atom. The molecule has 1 atom stereocenters. The fourth-order valence-corrected chi connectivity index (χ4v) is 4.68. The maximum atomic E-state index is 12.8. The number of rotatable bonds is 2. The quantitative estimate of drug-likeness (QED) is 0.834. The molecular formula is C12H10F2O2S2. The number of benzene rings is 2. The Morgan fingerprint density at radius 3 is 1.44 bits per heavy atom. The molecule has 0 aliphatic rings. The van der Waals surface area contributed by atoms with Crippen LogP contribution in [0.25, 0.3) is 0 Å². The van der Waals surface area contributed by atoms with E-state index in [9.17, 15) is 17.5 Å². The predicted molar refractivity (Wildman–Crippen MR) is 68.9 cm³/mol. The zero-order valence-electron chi connectivity index (χ0n) is 9.09. The first-order valence-corrected chi connectivity index (χ1v) is 8.04. The minimum atomic E-state index is -2.50. The second-order valence-corrected chi connectivity index (χ2v) is 7.45. The third kappa shape index (κ3) is 2.95. The van der Waals surface area contributed by atoms with Crippen LogP contribution in [-0.2, 0) is 19.1 Å². The molecule has 0 spiro atoms. The zero-order valence-corrected chi connectivity index (χ0v) is 10.8. The van der Waals surface area contributed by atoms with Gasteiger partial charge >= 0.3 is 0 Å². The highest BCUT2D eigenvalue weighted by Gasteiger charge is 2.06. The summed E-state index contributed by atoms with van der Waals surface area (Å²) in [6.07, 6.45) is 0. The van der Waals surface area contributed by atoms with E-state index >= 15 is 0 Å². The van der Waals surface area contributed by atoms with Gasteiger partial charge in [0.15, 0.2) is 0 Å². The summed E-state index contributed by atoms with van der Waals surface area (Å²) in [5.74, 6) is -0.816. The van der Waals surface area contributed by atoms with Gasteiger partial charge in [0.05, 0.1) is 0 Å². The van der Waals surface area contributed by atoms with Crippen molar-refractivity contribution < 1.29 is 17.5 Å². The highest BCUT2D eigenvalue weighted by molar-refractivity contribution is 8.36. The van der Waals surface area contributed by atoms with Crippen LogP contribution in [0.4, 0.5) is 8.78 Å². The fourth-order valence-electron chi connectivity index (χ4n) is 1.44. The van der Waals surface area contributed by atoms with Crippen molar-refractivity contribution in [2.24, 2.45) is 0 Å². The Labute approximate surface area is 107 Å². The molecule has 6 heteroatoms. The minimum absolute atomic E-state index is 0.408. The Morgan fingerprint density at radius 1 is 0.833 bits per heavy atom. The van der Waals surface area contributed by atoms with E-state index in [4.69, 9.17) is 0 Å². The molecule has 0 aromatic heterocycles. The Hall–Kier alpha value is -1.24. The largest absolute Gasteiger partial charge is 0.311 e. The smallest absolute Gasteiger partial charge is 0.123 e. The van der Waals surface area contributed by atoms with Crippen molar-refractivity contribution in [1.29, 1.82) is 0 Å². The maximum absolute atomic E-state index is 12.8. The van der Waals surface area contributed by atoms with Crippen LogP contribution < -0.4 is 0 Å². The van der Waals surface area contributed by atoms with Crippen LogP contribution in [0.15, 0.2) is 58.3 Å². The first-order chi connectivity index (χ1) is 8.58. The molecule has 2 nitrogen and oxygen atoms in total. The first-order valence-electron chi connectivity index (χ1n) is 4.99. The highest BCUT2D eigenvalue weighted by Crippen LogP contribution is 2.19. The molecule has 1 unspecified atom stereocenters. The molecule has 96 valence electrons. The topological polar surface area (TPSA) is 37.3 Å². The summed E-state index contributed by atoms with van der Waals surface area (Å²) in [6.45, 7) is 0. The van der Waals surface area contributed by atoms with Crippen LogP contribution in [0, 0.1) is 11.6 Å². The van der Waals surface area contributed by atoms with Crippen LogP contribution in [0.2, 0.25) is 0 Å². The van der Waals surface area contributed by atoms with Crippen LogP contribution in [0.5, 0.6) is 0 Å². The lowest BCUT2D eigenvalue weighted by atomic mass is 10.3. The van der Waals surface area contributed by atoms with E-state index in [0.29, 0.717) is 9.79 Å². The van der Waals surface area contributed by atoms with Gasteiger partial charge in [-0.25, -0.2) is 13.0 Å². The molecule has 0 heterocycles. The van der Waals surface area contributed by atoms with Gasteiger partial charge in [0.25, 0.3) is 0 Å². The summed E-state index contributed by atoms with van der Waals surface area (Å²) in [7, 11) is -3.59. The number of halogens is 2. The second kappa shape index (κ2) is 5.60. The Kier molecular flexibility index (Phi) is 4.11. The van der Waals surface area contributed by atoms with Crippen molar-refractivity contribution in [3.05, 3.63) is 60.2 Å². The lowest BCUT2D eigenvalue weighted by Crippen LogP contribution is -1.97. The molecule has 0 aliphatic carbocycles. The molecule has 0 amide bonds. The monoisotopic (exact) mass is 288 g/mol. The predicted octanol–water partition coefficient (Wildman–Crippen LogP) is 2.87. The van der Waals surface area contributed by atoms with E-state index in [1.807, 2.05) is 0 Å².